The minimum atomic E-state index is -4.34. The molecule has 0 radical (unpaired) electrons. The van der Waals surface area contributed by atoms with Crippen LogP contribution in [0.2, 0.25) is 4.47 Å². The van der Waals surface area contributed by atoms with E-state index in [1.54, 1.807) is 0 Å². The van der Waals surface area contributed by atoms with Gasteiger partial charge in [0.15, 0.2) is 0 Å². The Labute approximate surface area is 113 Å². The van der Waals surface area contributed by atoms with Crippen molar-refractivity contribution in [2.45, 2.75) is 17.1 Å². The van der Waals surface area contributed by atoms with E-state index in [0.717, 1.165) is 15.7 Å². The first-order chi connectivity index (χ1) is 8.18. The molecule has 1 rings (SSSR count). The van der Waals surface area contributed by atoms with Crippen LogP contribution in [0.4, 0.5) is 13.2 Å². The molecular formula is C10H10F3O3STe-. The average Bonchev–Trinajstić information content (AvgIpc) is 2.22. The molecule has 1 aromatic rings. The first-order valence-corrected chi connectivity index (χ1v) is 9.31. The van der Waals surface area contributed by atoms with Gasteiger partial charge in [-0.2, -0.15) is 0 Å². The molecule has 0 N–H and O–H groups in total. The molecule has 8 heteroatoms. The van der Waals surface area contributed by atoms with Crippen LogP contribution >= 0.6 is 0 Å². The number of halogens is 3. The van der Waals surface area contributed by atoms with E-state index in [0.29, 0.717) is 4.47 Å². The van der Waals surface area contributed by atoms with Gasteiger partial charge < -0.3 is 0 Å². The molecule has 102 valence electrons. The van der Waals surface area contributed by atoms with Gasteiger partial charge in [-0.15, -0.1) is 0 Å². The van der Waals surface area contributed by atoms with E-state index < -0.39 is 48.5 Å². The summed E-state index contributed by atoms with van der Waals surface area (Å²) in [6.07, 6.45) is -4.06. The van der Waals surface area contributed by atoms with Crippen LogP contribution in [0.5, 0.6) is 0 Å². The molecule has 0 aliphatic carbocycles. The van der Waals surface area contributed by atoms with E-state index in [1.165, 1.54) is 12.1 Å². The summed E-state index contributed by atoms with van der Waals surface area (Å²) in [6, 6.07) is 4.86. The van der Waals surface area contributed by atoms with Gasteiger partial charge in [-0.05, 0) is 0 Å². The summed E-state index contributed by atoms with van der Waals surface area (Å²) in [5.41, 5.74) is -0.694. The third kappa shape index (κ3) is 6.05. The Kier molecular flexibility index (Phi) is 5.46. The molecule has 0 heterocycles. The van der Waals surface area contributed by atoms with Gasteiger partial charge in [-0.25, -0.2) is 0 Å². The fraction of sp³-hybridized carbons (Fsp3) is 0.400. The van der Waals surface area contributed by atoms with Crippen LogP contribution < -0.4 is 3.61 Å². The van der Waals surface area contributed by atoms with Crippen molar-refractivity contribution in [1.82, 2.24) is 0 Å². The third-order valence-electron chi connectivity index (χ3n) is 1.99. The van der Waals surface area contributed by atoms with Gasteiger partial charge in [0, 0.05) is 0 Å². The van der Waals surface area contributed by atoms with Crippen LogP contribution in [-0.4, -0.2) is 39.6 Å². The third-order valence-corrected chi connectivity index (χ3v) is 5.91. The Bertz CT molecular complexity index is 482. The zero-order chi connectivity index (χ0) is 13.8. The Hall–Kier alpha value is -0.290. The number of benzene rings is 1. The molecule has 0 amide bonds. The van der Waals surface area contributed by atoms with E-state index in [2.05, 4.69) is 0 Å². The van der Waals surface area contributed by atoms with Gasteiger partial charge in [-0.3, -0.25) is 0 Å². The van der Waals surface area contributed by atoms with E-state index in [9.17, 15) is 26.1 Å². The molecule has 0 aliphatic heterocycles. The van der Waals surface area contributed by atoms with Crippen molar-refractivity contribution in [2.24, 2.45) is 0 Å². The summed E-state index contributed by atoms with van der Waals surface area (Å²) in [7, 11) is -4.18. The van der Waals surface area contributed by atoms with E-state index in [-0.39, 0.29) is 6.42 Å². The van der Waals surface area contributed by atoms with Gasteiger partial charge in [0.25, 0.3) is 0 Å². The summed E-state index contributed by atoms with van der Waals surface area (Å²) in [6.45, 7) is 0. The standard InChI is InChI=1S/C10H11F3O3STe/c11-10(12,13)8-2-4-9(5-3-8)18-7-1-6-17(14,15)16/h2-5H,1,6-7H2,(H,14,15,16)/p-1. The summed E-state index contributed by atoms with van der Waals surface area (Å²) >= 11 is -0.730. The molecule has 0 fully saturated rings. The average molecular weight is 395 g/mol. The Morgan fingerprint density at radius 1 is 1.17 bits per heavy atom. The van der Waals surface area contributed by atoms with Crippen LogP contribution in [0.25, 0.3) is 0 Å². The minimum absolute atomic E-state index is 0.273. The molecule has 0 aliphatic rings. The Morgan fingerprint density at radius 3 is 2.17 bits per heavy atom. The van der Waals surface area contributed by atoms with Crippen molar-refractivity contribution >= 4 is 34.7 Å². The molecule has 0 unspecified atom stereocenters. The Balaban J connectivity index is 2.45. The normalized spacial score (nSPS) is 12.7. The summed E-state index contributed by atoms with van der Waals surface area (Å²) in [5, 5.41) is 0. The SMILES string of the molecule is O=S(=O)([O-])CCC[Te]c1ccc(C(F)(F)F)cc1. The first-order valence-electron chi connectivity index (χ1n) is 4.92. The molecule has 0 spiro atoms. The van der Waals surface area contributed by atoms with E-state index in [4.69, 9.17) is 0 Å². The molecule has 1 aromatic carbocycles. The number of hydrogen-bond donors (Lipinski definition) is 0. The van der Waals surface area contributed by atoms with Crippen molar-refractivity contribution in [3.8, 4) is 0 Å². The summed E-state index contributed by atoms with van der Waals surface area (Å²) in [5.74, 6) is -0.404. The van der Waals surface area contributed by atoms with Crippen LogP contribution in [0.15, 0.2) is 24.3 Å². The maximum absolute atomic E-state index is 12.3. The zero-order valence-corrected chi connectivity index (χ0v) is 12.3. The second kappa shape index (κ2) is 6.24. The monoisotopic (exact) mass is 397 g/mol. The molecule has 0 saturated heterocycles. The Morgan fingerprint density at radius 2 is 1.72 bits per heavy atom. The van der Waals surface area contributed by atoms with Gasteiger partial charge >= 0.3 is 113 Å². The van der Waals surface area contributed by atoms with Crippen LogP contribution in [-0.2, 0) is 16.3 Å². The maximum atomic E-state index is 12.3. The molecule has 18 heavy (non-hydrogen) atoms. The van der Waals surface area contributed by atoms with Crippen LogP contribution in [0.3, 0.4) is 0 Å². The van der Waals surface area contributed by atoms with Crippen molar-refractivity contribution in [3.05, 3.63) is 29.8 Å². The number of alkyl halides is 3. The second-order valence-electron chi connectivity index (χ2n) is 3.49. The predicted molar refractivity (Wildman–Crippen MR) is 60.8 cm³/mol. The van der Waals surface area contributed by atoms with E-state index in [1.807, 2.05) is 0 Å². The number of rotatable bonds is 5. The summed E-state index contributed by atoms with van der Waals surface area (Å²) in [4.78, 5) is 0. The summed E-state index contributed by atoms with van der Waals surface area (Å²) < 4.78 is 69.2. The topological polar surface area (TPSA) is 57.2 Å². The molecule has 0 atom stereocenters. The number of hydrogen-bond acceptors (Lipinski definition) is 3. The van der Waals surface area contributed by atoms with Gasteiger partial charge in [0.05, 0.1) is 0 Å². The van der Waals surface area contributed by atoms with Gasteiger partial charge in [-0.1, -0.05) is 0 Å². The van der Waals surface area contributed by atoms with Crippen LogP contribution in [0.1, 0.15) is 12.0 Å². The van der Waals surface area contributed by atoms with Gasteiger partial charge in [0.2, 0.25) is 0 Å². The molecule has 3 nitrogen and oxygen atoms in total. The van der Waals surface area contributed by atoms with E-state index >= 15 is 0 Å². The predicted octanol–water partition coefficient (Wildman–Crippen LogP) is 1.39. The van der Waals surface area contributed by atoms with Crippen molar-refractivity contribution in [1.29, 1.82) is 0 Å². The van der Waals surface area contributed by atoms with Gasteiger partial charge in [0.1, 0.15) is 0 Å². The van der Waals surface area contributed by atoms with Crippen molar-refractivity contribution in [2.75, 3.05) is 5.75 Å². The molecular weight excluding hydrogens is 385 g/mol. The quantitative estimate of drug-likeness (QED) is 0.431. The fourth-order valence-corrected chi connectivity index (χ4v) is 4.67. The first kappa shape index (κ1) is 15.8. The molecule has 0 bridgehead atoms. The molecule has 0 saturated carbocycles. The molecule has 0 aromatic heterocycles. The second-order valence-corrected chi connectivity index (χ2v) is 8.34. The van der Waals surface area contributed by atoms with Crippen LogP contribution in [0, 0.1) is 0 Å². The zero-order valence-electron chi connectivity index (χ0n) is 9.11. The van der Waals surface area contributed by atoms with Crippen molar-refractivity contribution in [3.63, 3.8) is 0 Å². The van der Waals surface area contributed by atoms with Crippen molar-refractivity contribution < 1.29 is 26.1 Å². The fourth-order valence-electron chi connectivity index (χ4n) is 1.17.